The van der Waals surface area contributed by atoms with Gasteiger partial charge in [-0.25, -0.2) is 0 Å². The van der Waals surface area contributed by atoms with Gasteiger partial charge in [-0.3, -0.25) is 9.59 Å². The van der Waals surface area contributed by atoms with Crippen molar-refractivity contribution in [3.05, 3.63) is 65.2 Å². The highest BCUT2D eigenvalue weighted by molar-refractivity contribution is 9.10. The Morgan fingerprint density at radius 3 is 2.53 bits per heavy atom. The van der Waals surface area contributed by atoms with Gasteiger partial charge in [-0.1, -0.05) is 84.6 Å². The van der Waals surface area contributed by atoms with Gasteiger partial charge in [-0.05, 0) is 55.4 Å². The molecule has 0 bridgehead atoms. The van der Waals surface area contributed by atoms with Gasteiger partial charge in [0.1, 0.15) is 6.54 Å². The summed E-state index contributed by atoms with van der Waals surface area (Å²) in [5, 5.41) is 3.25. The summed E-state index contributed by atoms with van der Waals surface area (Å²) in [4.78, 5) is 28.0. The van der Waals surface area contributed by atoms with Crippen LogP contribution in [0.1, 0.15) is 75.0 Å². The molecule has 2 amide bonds. The van der Waals surface area contributed by atoms with Gasteiger partial charge >= 0.3 is 0 Å². The lowest BCUT2D eigenvalue weighted by Crippen LogP contribution is -2.52. The number of hydrogen-bond donors (Lipinski definition) is 1. The van der Waals surface area contributed by atoms with E-state index in [9.17, 15) is 9.59 Å². The van der Waals surface area contributed by atoms with Gasteiger partial charge in [0.25, 0.3) is 0 Å². The Kier molecular flexibility index (Phi) is 7.04. The summed E-state index contributed by atoms with van der Waals surface area (Å²) in [6.07, 6.45) is 7.06. The number of amides is 2. The number of aryl methyl sites for hydroxylation is 1. The second kappa shape index (κ2) is 9.78. The van der Waals surface area contributed by atoms with Crippen molar-refractivity contribution in [1.29, 1.82) is 0 Å². The molecule has 2 atom stereocenters. The Labute approximate surface area is 199 Å². The zero-order valence-corrected chi connectivity index (χ0v) is 20.7. The van der Waals surface area contributed by atoms with Gasteiger partial charge < -0.3 is 10.2 Å². The first-order valence-corrected chi connectivity index (χ1v) is 12.8. The number of hydrogen-bond acceptors (Lipinski definition) is 2. The molecule has 170 valence electrons. The average Bonchev–Trinajstić information content (AvgIpc) is 2.90. The van der Waals surface area contributed by atoms with E-state index in [1.165, 1.54) is 17.5 Å². The molecule has 1 heterocycles. The number of fused-ring (bicyclic) bond motifs is 1. The Balaban J connectivity index is 1.69. The number of carbonyl (C=O) groups is 2. The first kappa shape index (κ1) is 23.0. The molecule has 2 aromatic rings. The zero-order valence-electron chi connectivity index (χ0n) is 19.1. The van der Waals surface area contributed by atoms with E-state index in [-0.39, 0.29) is 34.6 Å². The maximum absolute atomic E-state index is 13.5. The summed E-state index contributed by atoms with van der Waals surface area (Å²) in [5.41, 5.74) is 4.17. The smallest absolute Gasteiger partial charge is 0.241 e. The summed E-state index contributed by atoms with van der Waals surface area (Å²) in [7, 11) is 0. The lowest BCUT2D eigenvalue weighted by Gasteiger charge is -2.35. The predicted octanol–water partition coefficient (Wildman–Crippen LogP) is 5.72. The van der Waals surface area contributed by atoms with Gasteiger partial charge in [0, 0.05) is 17.1 Å². The van der Waals surface area contributed by atoms with Gasteiger partial charge in [0.2, 0.25) is 11.8 Å². The van der Waals surface area contributed by atoms with E-state index in [4.69, 9.17) is 0 Å². The molecule has 0 aromatic heterocycles. The van der Waals surface area contributed by atoms with E-state index < -0.39 is 0 Å². The number of rotatable bonds is 5. The van der Waals surface area contributed by atoms with Crippen LogP contribution in [0.15, 0.2) is 48.5 Å². The SMILES string of the molecule is CCc1ccc2c(c1)N(CC(=O)NC1(C)CCCCC1)C(=O)C(Br)CC2c1ccccc1. The minimum atomic E-state index is -0.344. The second-order valence-corrected chi connectivity index (χ2v) is 10.6. The Bertz CT molecular complexity index is 969. The molecule has 2 aromatic carbocycles. The van der Waals surface area contributed by atoms with E-state index >= 15 is 0 Å². The molecule has 0 spiro atoms. The number of benzene rings is 2. The fourth-order valence-electron chi connectivity index (χ4n) is 5.20. The summed E-state index contributed by atoms with van der Waals surface area (Å²) in [6.45, 7) is 4.30. The third kappa shape index (κ3) is 4.93. The van der Waals surface area contributed by atoms with Crippen LogP contribution in [-0.2, 0) is 16.0 Å². The van der Waals surface area contributed by atoms with Gasteiger partial charge in [0.05, 0.1) is 4.83 Å². The maximum atomic E-state index is 13.5. The zero-order chi connectivity index (χ0) is 22.7. The van der Waals surface area contributed by atoms with Crippen LogP contribution in [0.5, 0.6) is 0 Å². The lowest BCUT2D eigenvalue weighted by atomic mass is 9.83. The fraction of sp³-hybridized carbons (Fsp3) is 0.481. The van der Waals surface area contributed by atoms with E-state index in [2.05, 4.69) is 65.4 Å². The molecule has 0 saturated heterocycles. The number of halogens is 1. The minimum absolute atomic E-state index is 0.0399. The van der Waals surface area contributed by atoms with Gasteiger partial charge in [0.15, 0.2) is 0 Å². The molecule has 32 heavy (non-hydrogen) atoms. The van der Waals surface area contributed by atoms with Crippen molar-refractivity contribution >= 4 is 33.4 Å². The summed E-state index contributed by atoms with van der Waals surface area (Å²) < 4.78 is 0. The highest BCUT2D eigenvalue weighted by atomic mass is 79.9. The summed E-state index contributed by atoms with van der Waals surface area (Å²) in [5.74, 6) is -0.0234. The number of carbonyl (C=O) groups excluding carboxylic acids is 2. The van der Waals surface area contributed by atoms with Crippen molar-refractivity contribution < 1.29 is 9.59 Å². The van der Waals surface area contributed by atoms with E-state index in [0.29, 0.717) is 6.42 Å². The first-order valence-electron chi connectivity index (χ1n) is 11.8. The van der Waals surface area contributed by atoms with Crippen LogP contribution in [0.25, 0.3) is 0 Å². The van der Waals surface area contributed by atoms with Crippen molar-refractivity contribution in [3.8, 4) is 0 Å². The third-order valence-electron chi connectivity index (χ3n) is 7.05. The van der Waals surface area contributed by atoms with Crippen LogP contribution in [-0.4, -0.2) is 28.7 Å². The number of anilines is 1. The molecule has 2 aliphatic rings. The van der Waals surface area contributed by atoms with Crippen molar-refractivity contribution in [2.75, 3.05) is 11.4 Å². The molecule has 1 aliphatic heterocycles. The Morgan fingerprint density at radius 1 is 1.12 bits per heavy atom. The topological polar surface area (TPSA) is 49.4 Å². The standard InChI is InChI=1S/C27H33BrN2O2/c1-3-19-12-13-21-22(20-10-6-4-7-11-20)17-23(28)26(32)30(24(21)16-19)18-25(31)29-27(2)14-8-5-9-15-27/h4,6-7,10-13,16,22-23H,3,5,8-9,14-15,17-18H2,1-2H3,(H,29,31). The quantitative estimate of drug-likeness (QED) is 0.538. The van der Waals surface area contributed by atoms with E-state index in [1.54, 1.807) is 4.90 Å². The Morgan fingerprint density at radius 2 is 1.84 bits per heavy atom. The molecule has 5 heteroatoms. The minimum Gasteiger partial charge on any atom is -0.349 e. The molecule has 1 N–H and O–H groups in total. The third-order valence-corrected chi connectivity index (χ3v) is 7.81. The Hall–Kier alpha value is -2.14. The fourth-order valence-corrected chi connectivity index (χ4v) is 5.82. The van der Waals surface area contributed by atoms with Crippen LogP contribution in [0.2, 0.25) is 0 Å². The van der Waals surface area contributed by atoms with Crippen LogP contribution < -0.4 is 10.2 Å². The van der Waals surface area contributed by atoms with E-state index in [0.717, 1.165) is 43.4 Å². The van der Waals surface area contributed by atoms with Crippen LogP contribution >= 0.6 is 15.9 Å². The van der Waals surface area contributed by atoms with Crippen LogP contribution in [0.4, 0.5) is 5.69 Å². The number of nitrogens with zero attached hydrogens (tertiary/aromatic N) is 1. The molecule has 1 fully saturated rings. The van der Waals surface area contributed by atoms with Crippen LogP contribution in [0, 0.1) is 0 Å². The molecule has 2 unspecified atom stereocenters. The molecule has 1 aliphatic carbocycles. The first-order chi connectivity index (χ1) is 15.4. The summed E-state index contributed by atoms with van der Waals surface area (Å²) >= 11 is 3.65. The summed E-state index contributed by atoms with van der Waals surface area (Å²) in [6, 6.07) is 16.7. The second-order valence-electron chi connectivity index (χ2n) is 9.51. The van der Waals surface area contributed by atoms with Crippen molar-refractivity contribution in [3.63, 3.8) is 0 Å². The number of nitrogens with one attached hydrogen (secondary N) is 1. The molecule has 4 nitrogen and oxygen atoms in total. The predicted molar refractivity (Wildman–Crippen MR) is 133 cm³/mol. The van der Waals surface area contributed by atoms with E-state index in [1.807, 2.05) is 18.2 Å². The van der Waals surface area contributed by atoms with Gasteiger partial charge in [-0.2, -0.15) is 0 Å². The molecule has 0 radical (unpaired) electrons. The highest BCUT2D eigenvalue weighted by Crippen LogP contribution is 2.41. The largest absolute Gasteiger partial charge is 0.349 e. The molecule has 4 rings (SSSR count). The van der Waals surface area contributed by atoms with Gasteiger partial charge in [-0.15, -0.1) is 0 Å². The average molecular weight is 497 g/mol. The van der Waals surface area contributed by atoms with Crippen molar-refractivity contribution in [1.82, 2.24) is 5.32 Å². The number of alkyl halides is 1. The normalized spacial score (nSPS) is 22.7. The molecule has 1 saturated carbocycles. The van der Waals surface area contributed by atoms with Crippen molar-refractivity contribution in [2.45, 2.75) is 75.1 Å². The molecular formula is C27H33BrN2O2. The lowest BCUT2D eigenvalue weighted by molar-refractivity contribution is -0.125. The van der Waals surface area contributed by atoms with Crippen LogP contribution in [0.3, 0.4) is 0 Å². The van der Waals surface area contributed by atoms with Crippen molar-refractivity contribution in [2.24, 2.45) is 0 Å². The monoisotopic (exact) mass is 496 g/mol. The highest BCUT2D eigenvalue weighted by Gasteiger charge is 2.36. The molecular weight excluding hydrogens is 464 g/mol. The maximum Gasteiger partial charge on any atom is 0.241 e.